The molecule has 2 unspecified atom stereocenters. The minimum absolute atomic E-state index is 0.00898. The largest absolute Gasteiger partial charge is 0.481 e. The average Bonchev–Trinajstić information content (AvgIpc) is 2.89. The van der Waals surface area contributed by atoms with Crippen LogP contribution in [-0.2, 0) is 23.2 Å². The molecule has 0 saturated carbocycles. The number of amides is 1. The van der Waals surface area contributed by atoms with Crippen LogP contribution in [0.4, 0.5) is 4.79 Å². The molecular weight excluding hydrogens is 657 g/mol. The molecule has 0 heterocycles. The molecule has 0 spiro atoms. The lowest BCUT2D eigenvalue weighted by molar-refractivity contribution is -0.138. The number of rotatable bonds is 25. The molecule has 290 valence electrons. The molecule has 0 radical (unpaired) electrons. The van der Waals surface area contributed by atoms with Crippen LogP contribution in [0.1, 0.15) is 139 Å². The highest BCUT2D eigenvalue weighted by molar-refractivity contribution is 6.74. The number of hydrogen-bond donors (Lipinski definition) is 3. The number of carbonyl (C=O) groups is 3. The van der Waals surface area contributed by atoms with Gasteiger partial charge in [0.2, 0.25) is 0 Å². The molecule has 1 amide bonds. The molecule has 0 fully saturated rings. The van der Waals surface area contributed by atoms with Gasteiger partial charge in [-0.1, -0.05) is 67.2 Å². The topological polar surface area (TPSA) is 135 Å². The van der Waals surface area contributed by atoms with E-state index in [2.05, 4.69) is 77.9 Å². The van der Waals surface area contributed by atoms with Crippen molar-refractivity contribution < 1.29 is 38.2 Å². The lowest BCUT2D eigenvalue weighted by atomic mass is 10.1. The van der Waals surface area contributed by atoms with Crippen molar-refractivity contribution in [1.82, 2.24) is 10.2 Å². The zero-order chi connectivity index (χ0) is 38.1. The van der Waals surface area contributed by atoms with Gasteiger partial charge in [0.1, 0.15) is 5.60 Å². The molecule has 3 N–H and O–H groups in total. The van der Waals surface area contributed by atoms with Crippen molar-refractivity contribution in [1.29, 1.82) is 0 Å². The molecule has 0 aromatic rings. The van der Waals surface area contributed by atoms with E-state index >= 15 is 0 Å². The van der Waals surface area contributed by atoms with Gasteiger partial charge in [-0.2, -0.15) is 0 Å². The molecule has 49 heavy (non-hydrogen) atoms. The van der Waals surface area contributed by atoms with Crippen LogP contribution in [0.2, 0.25) is 36.3 Å². The summed E-state index contributed by atoms with van der Waals surface area (Å²) in [5.74, 6) is -1.51. The highest BCUT2D eigenvalue weighted by Gasteiger charge is 2.41. The lowest BCUT2D eigenvalue weighted by Gasteiger charge is -2.42. The van der Waals surface area contributed by atoms with Gasteiger partial charge in [-0.05, 0) is 102 Å². The summed E-state index contributed by atoms with van der Waals surface area (Å²) in [6.07, 6.45) is 8.28. The highest BCUT2D eigenvalue weighted by atomic mass is 28.4. The smallest absolute Gasteiger partial charge is 0.407 e. The Kier molecular flexibility index (Phi) is 21.1. The predicted molar refractivity (Wildman–Crippen MR) is 205 cm³/mol. The van der Waals surface area contributed by atoms with E-state index in [-0.39, 0.29) is 35.1 Å². The Morgan fingerprint density at radius 3 is 1.39 bits per heavy atom. The Labute approximate surface area is 302 Å². The van der Waals surface area contributed by atoms with Gasteiger partial charge >= 0.3 is 18.0 Å². The second-order valence-electron chi connectivity index (χ2n) is 17.9. The average molecular weight is 733 g/mol. The third-order valence-corrected chi connectivity index (χ3v) is 18.9. The molecular formula is C37H76N2O8Si2. The number of carboxylic acids is 2. The van der Waals surface area contributed by atoms with E-state index in [1.807, 2.05) is 20.8 Å². The Morgan fingerprint density at radius 1 is 0.633 bits per heavy atom. The number of aliphatic carboxylic acids is 2. The molecule has 0 aliphatic heterocycles. The monoisotopic (exact) mass is 733 g/mol. The third-order valence-electron chi connectivity index (χ3n) is 9.86. The molecule has 0 aliphatic rings. The van der Waals surface area contributed by atoms with E-state index in [0.29, 0.717) is 19.4 Å². The Morgan fingerprint density at radius 2 is 1.04 bits per heavy atom. The number of alkyl carbamates (subject to hydrolysis) is 1. The van der Waals surface area contributed by atoms with E-state index in [4.69, 9.17) is 23.8 Å². The first-order valence-electron chi connectivity index (χ1n) is 18.7. The Bertz CT molecular complexity index is 913. The zero-order valence-electron chi connectivity index (χ0n) is 33.8. The second-order valence-corrected chi connectivity index (χ2v) is 27.4. The van der Waals surface area contributed by atoms with Crippen molar-refractivity contribution in [2.24, 2.45) is 0 Å². The SMILES string of the molecule is CC(C)(C)OC(=O)NCCCCN(CC(CCCCCC(=O)O)O[Si](C)(C)C(C)(C)C)CC(CCCCCC(=O)O)O[Si](C)(C)C(C)(C)C. The molecule has 12 heteroatoms. The number of carboxylic acid groups (broad SMARTS) is 2. The molecule has 10 nitrogen and oxygen atoms in total. The maximum atomic E-state index is 12.2. The van der Waals surface area contributed by atoms with Gasteiger partial charge in [0.15, 0.2) is 16.6 Å². The predicted octanol–water partition coefficient (Wildman–Crippen LogP) is 9.44. The normalized spacial score (nSPS) is 14.5. The number of nitrogens with zero attached hydrogens (tertiary/aromatic N) is 1. The molecule has 0 rings (SSSR count). The van der Waals surface area contributed by atoms with E-state index in [1.165, 1.54) is 0 Å². The van der Waals surface area contributed by atoms with Gasteiger partial charge in [-0.15, -0.1) is 0 Å². The number of ether oxygens (including phenoxy) is 1. The Hall–Kier alpha value is -1.48. The van der Waals surface area contributed by atoms with Crippen LogP contribution in [0, 0.1) is 0 Å². The first-order valence-corrected chi connectivity index (χ1v) is 24.6. The van der Waals surface area contributed by atoms with Crippen LogP contribution in [0.25, 0.3) is 0 Å². The van der Waals surface area contributed by atoms with E-state index in [1.54, 1.807) is 0 Å². The molecule has 0 bridgehead atoms. The van der Waals surface area contributed by atoms with Crippen molar-refractivity contribution in [3.05, 3.63) is 0 Å². The number of unbranched alkanes of at least 4 members (excludes halogenated alkanes) is 5. The van der Waals surface area contributed by atoms with Crippen LogP contribution >= 0.6 is 0 Å². The number of nitrogens with one attached hydrogen (secondary N) is 1. The second kappa shape index (κ2) is 21.8. The summed E-state index contributed by atoms with van der Waals surface area (Å²) in [4.78, 5) is 36.9. The standard InChI is InChI=1S/C37H76N2O8Si2/c1-35(2,3)45-34(44)38-26-20-21-27-39(28-30(22-16-14-18-24-32(40)41)46-48(10,11)36(4,5)6)29-31(23-17-15-19-25-33(42)43)47-49(12,13)37(7,8)9/h30-31H,14-29H2,1-13H3,(H,38,44)(H,40,41)(H,42,43). The summed E-state index contributed by atoms with van der Waals surface area (Å²) >= 11 is 0. The lowest BCUT2D eigenvalue weighted by Crippen LogP contribution is -2.50. The molecule has 0 saturated heterocycles. The van der Waals surface area contributed by atoms with Crippen molar-refractivity contribution in [3.63, 3.8) is 0 Å². The highest BCUT2D eigenvalue weighted by Crippen LogP contribution is 2.39. The number of carbonyl (C=O) groups excluding carboxylic acids is 1. The van der Waals surface area contributed by atoms with Gasteiger partial charge in [0.05, 0.1) is 12.2 Å². The van der Waals surface area contributed by atoms with Crippen LogP contribution in [0.15, 0.2) is 0 Å². The van der Waals surface area contributed by atoms with Crippen LogP contribution in [0.3, 0.4) is 0 Å². The molecule has 0 aromatic heterocycles. The molecule has 0 aromatic carbocycles. The van der Waals surface area contributed by atoms with Crippen molar-refractivity contribution >= 4 is 34.7 Å². The van der Waals surface area contributed by atoms with Crippen LogP contribution in [0.5, 0.6) is 0 Å². The van der Waals surface area contributed by atoms with Crippen molar-refractivity contribution in [2.45, 2.75) is 193 Å². The fraction of sp³-hybridized carbons (Fsp3) is 0.919. The fourth-order valence-electron chi connectivity index (χ4n) is 5.01. The van der Waals surface area contributed by atoms with E-state index < -0.39 is 40.3 Å². The number of hydrogen-bond acceptors (Lipinski definition) is 7. The maximum Gasteiger partial charge on any atom is 0.407 e. The first kappa shape index (κ1) is 47.5. The summed E-state index contributed by atoms with van der Waals surface area (Å²) in [5.41, 5.74) is -0.541. The van der Waals surface area contributed by atoms with Gasteiger partial charge in [-0.25, -0.2) is 4.79 Å². The van der Waals surface area contributed by atoms with E-state index in [9.17, 15) is 14.4 Å². The van der Waals surface area contributed by atoms with Crippen LogP contribution < -0.4 is 5.32 Å². The Balaban J connectivity index is 6.09. The van der Waals surface area contributed by atoms with Gasteiger partial charge in [0, 0.05) is 32.5 Å². The van der Waals surface area contributed by atoms with Crippen LogP contribution in [-0.4, -0.2) is 93.8 Å². The van der Waals surface area contributed by atoms with Gasteiger partial charge in [-0.3, -0.25) is 14.5 Å². The van der Waals surface area contributed by atoms with Crippen molar-refractivity contribution in [2.75, 3.05) is 26.2 Å². The van der Waals surface area contributed by atoms with Gasteiger partial charge in [0.25, 0.3) is 0 Å². The summed E-state index contributed by atoms with van der Waals surface area (Å²) in [7, 11) is -4.19. The minimum Gasteiger partial charge on any atom is -0.481 e. The van der Waals surface area contributed by atoms with E-state index in [0.717, 1.165) is 71.0 Å². The zero-order valence-corrected chi connectivity index (χ0v) is 35.8. The summed E-state index contributed by atoms with van der Waals surface area (Å²) < 4.78 is 19.5. The molecule has 2 atom stereocenters. The quantitative estimate of drug-likeness (QED) is 0.0620. The fourth-order valence-corrected chi connectivity index (χ4v) is 7.77. The summed E-state index contributed by atoms with van der Waals surface area (Å²) in [6, 6.07) is 0. The maximum absolute atomic E-state index is 12.2. The third kappa shape index (κ3) is 22.9. The first-order chi connectivity index (χ1) is 22.3. The van der Waals surface area contributed by atoms with Gasteiger partial charge < -0.3 is 29.1 Å². The minimum atomic E-state index is -2.09. The molecule has 0 aliphatic carbocycles. The van der Waals surface area contributed by atoms with Crippen molar-refractivity contribution in [3.8, 4) is 0 Å². The summed E-state index contributed by atoms with van der Waals surface area (Å²) in [6.45, 7) is 31.1. The summed E-state index contributed by atoms with van der Waals surface area (Å²) in [5, 5.41) is 21.2.